The van der Waals surface area contributed by atoms with Crippen LogP contribution in [0.5, 0.6) is 0 Å². The van der Waals surface area contributed by atoms with E-state index in [0.29, 0.717) is 11.4 Å². The van der Waals surface area contributed by atoms with Gasteiger partial charge < -0.3 is 4.90 Å². The van der Waals surface area contributed by atoms with Gasteiger partial charge >= 0.3 is 0 Å². The van der Waals surface area contributed by atoms with Crippen molar-refractivity contribution in [2.45, 2.75) is 11.2 Å². The van der Waals surface area contributed by atoms with E-state index in [4.69, 9.17) is 11.6 Å². The van der Waals surface area contributed by atoms with Crippen molar-refractivity contribution < 1.29 is 4.79 Å². The number of alkyl halides is 1. The highest BCUT2D eigenvalue weighted by Crippen LogP contribution is 2.25. The van der Waals surface area contributed by atoms with Crippen molar-refractivity contribution in [1.29, 1.82) is 0 Å². The summed E-state index contributed by atoms with van der Waals surface area (Å²) in [6.45, 7) is 0.737. The summed E-state index contributed by atoms with van der Waals surface area (Å²) in [5, 5.41) is 0.691. The van der Waals surface area contributed by atoms with Gasteiger partial charge in [0.2, 0.25) is 5.91 Å². The summed E-state index contributed by atoms with van der Waals surface area (Å²) in [6.07, 6.45) is 0.572. The van der Waals surface area contributed by atoms with E-state index in [1.54, 1.807) is 17.0 Å². The molecule has 1 aromatic rings. The molecule has 1 aromatic carbocycles. The fraction of sp³-hybridized carbons (Fsp3) is 0.300. The average molecular weight is 275 g/mol. The van der Waals surface area contributed by atoms with Gasteiger partial charge in [0.25, 0.3) is 0 Å². The number of anilines is 1. The van der Waals surface area contributed by atoms with E-state index in [-0.39, 0.29) is 10.7 Å². The number of hydrogen-bond acceptors (Lipinski definition) is 1. The molecule has 1 fully saturated rings. The van der Waals surface area contributed by atoms with Crippen molar-refractivity contribution in [2.24, 2.45) is 0 Å². The van der Waals surface area contributed by atoms with Crippen LogP contribution < -0.4 is 4.90 Å². The number of carbonyl (C=O) groups excluding carboxylic acids is 1. The fourth-order valence-electron chi connectivity index (χ4n) is 1.53. The monoisotopic (exact) mass is 273 g/mol. The average Bonchev–Trinajstić information content (AvgIpc) is 2.47. The van der Waals surface area contributed by atoms with Gasteiger partial charge in [-0.15, -0.1) is 0 Å². The molecule has 0 aliphatic carbocycles. The molecule has 1 saturated heterocycles. The Labute approximate surface area is 96.0 Å². The van der Waals surface area contributed by atoms with Gasteiger partial charge in [-0.3, -0.25) is 4.79 Å². The van der Waals surface area contributed by atoms with Crippen molar-refractivity contribution >= 4 is 39.1 Å². The van der Waals surface area contributed by atoms with E-state index in [1.165, 1.54) is 0 Å². The van der Waals surface area contributed by atoms with Gasteiger partial charge in [0.15, 0.2) is 0 Å². The van der Waals surface area contributed by atoms with Crippen LogP contribution in [0.4, 0.5) is 5.69 Å². The molecule has 4 heteroatoms. The lowest BCUT2D eigenvalue weighted by Crippen LogP contribution is -2.24. The maximum absolute atomic E-state index is 11.5. The lowest BCUT2D eigenvalue weighted by Gasteiger charge is -2.15. The van der Waals surface area contributed by atoms with Crippen LogP contribution in [-0.2, 0) is 4.79 Å². The van der Waals surface area contributed by atoms with E-state index in [0.717, 1.165) is 12.2 Å². The Morgan fingerprint density at radius 1 is 1.36 bits per heavy atom. The second-order valence-corrected chi connectivity index (χ2v) is 5.01. The first kappa shape index (κ1) is 9.99. The van der Waals surface area contributed by atoms with Crippen LogP contribution in [0.15, 0.2) is 24.3 Å². The van der Waals surface area contributed by atoms with E-state index in [1.807, 2.05) is 12.1 Å². The highest BCUT2D eigenvalue weighted by atomic mass is 79.9. The highest BCUT2D eigenvalue weighted by Gasteiger charge is 2.28. The van der Waals surface area contributed by atoms with Crippen LogP contribution in [0.2, 0.25) is 5.02 Å². The largest absolute Gasteiger partial charge is 0.311 e. The molecule has 1 aliphatic rings. The Kier molecular flexibility index (Phi) is 2.79. The van der Waals surface area contributed by atoms with E-state index in [9.17, 15) is 4.79 Å². The third-order valence-corrected chi connectivity index (χ3v) is 3.08. The van der Waals surface area contributed by atoms with Crippen LogP contribution in [0.1, 0.15) is 6.42 Å². The van der Waals surface area contributed by atoms with E-state index in [2.05, 4.69) is 15.9 Å². The quantitative estimate of drug-likeness (QED) is 0.721. The van der Waals surface area contributed by atoms with Crippen molar-refractivity contribution in [3.8, 4) is 0 Å². The minimum absolute atomic E-state index is 0.161. The molecule has 2 nitrogen and oxygen atoms in total. The molecule has 1 amide bonds. The molecule has 2 rings (SSSR count). The molecule has 0 bridgehead atoms. The standard InChI is InChI=1S/C10H9BrClNO/c11-7-5-10(14)13(6-7)9-3-1-8(12)2-4-9/h1-4,7H,5-6H2. The van der Waals surface area contributed by atoms with Gasteiger partial charge in [0, 0.05) is 28.5 Å². The number of hydrogen-bond donors (Lipinski definition) is 0. The number of nitrogens with zero attached hydrogens (tertiary/aromatic N) is 1. The predicted molar refractivity (Wildman–Crippen MR) is 61.1 cm³/mol. The minimum Gasteiger partial charge on any atom is -0.311 e. The van der Waals surface area contributed by atoms with Crippen LogP contribution in [0, 0.1) is 0 Å². The SMILES string of the molecule is O=C1CC(Br)CN1c1ccc(Cl)cc1. The van der Waals surface area contributed by atoms with Gasteiger partial charge in [-0.25, -0.2) is 0 Å². The van der Waals surface area contributed by atoms with Gasteiger partial charge in [-0.1, -0.05) is 27.5 Å². The number of carbonyl (C=O) groups is 1. The zero-order valence-corrected chi connectivity index (χ0v) is 9.75. The third-order valence-electron chi connectivity index (χ3n) is 2.22. The van der Waals surface area contributed by atoms with E-state index >= 15 is 0 Å². The summed E-state index contributed by atoms with van der Waals surface area (Å²) in [5.74, 6) is 0.161. The van der Waals surface area contributed by atoms with Crippen LogP contribution in [0.25, 0.3) is 0 Å². The third kappa shape index (κ3) is 1.93. The predicted octanol–water partition coefficient (Wildman–Crippen LogP) is 2.84. The molecule has 74 valence electrons. The molecular formula is C10H9BrClNO. The summed E-state index contributed by atoms with van der Waals surface area (Å²) < 4.78 is 0. The number of amides is 1. The first-order valence-corrected chi connectivity index (χ1v) is 5.66. The fourth-order valence-corrected chi connectivity index (χ4v) is 2.23. The van der Waals surface area contributed by atoms with E-state index < -0.39 is 0 Å². The number of benzene rings is 1. The summed E-state index contributed by atoms with van der Waals surface area (Å²) in [7, 11) is 0. The molecule has 0 N–H and O–H groups in total. The summed E-state index contributed by atoms with van der Waals surface area (Å²) >= 11 is 9.21. The van der Waals surface area contributed by atoms with Crippen molar-refractivity contribution in [1.82, 2.24) is 0 Å². The first-order chi connectivity index (χ1) is 6.66. The Balaban J connectivity index is 2.23. The van der Waals surface area contributed by atoms with Crippen LogP contribution in [-0.4, -0.2) is 17.3 Å². The molecular weight excluding hydrogens is 265 g/mol. The zero-order valence-electron chi connectivity index (χ0n) is 7.41. The van der Waals surface area contributed by atoms with Gasteiger partial charge in [-0.05, 0) is 24.3 Å². The molecule has 14 heavy (non-hydrogen) atoms. The van der Waals surface area contributed by atoms with Gasteiger partial charge in [-0.2, -0.15) is 0 Å². The molecule has 0 aromatic heterocycles. The van der Waals surface area contributed by atoms with Gasteiger partial charge in [0.05, 0.1) is 0 Å². The second-order valence-electron chi connectivity index (χ2n) is 3.28. The van der Waals surface area contributed by atoms with Gasteiger partial charge in [0.1, 0.15) is 0 Å². The van der Waals surface area contributed by atoms with Crippen molar-refractivity contribution in [2.75, 3.05) is 11.4 Å². The molecule has 1 heterocycles. The summed E-state index contributed by atoms with van der Waals surface area (Å²) in [6, 6.07) is 7.33. The molecule has 1 atom stereocenters. The summed E-state index contributed by atoms with van der Waals surface area (Å²) in [5.41, 5.74) is 0.918. The van der Waals surface area contributed by atoms with Crippen molar-refractivity contribution in [3.63, 3.8) is 0 Å². The lowest BCUT2D eigenvalue weighted by molar-refractivity contribution is -0.117. The molecule has 1 unspecified atom stereocenters. The number of halogens is 2. The summed E-state index contributed by atoms with van der Waals surface area (Å²) in [4.78, 5) is 13.6. The Hall–Kier alpha value is -0.540. The maximum atomic E-state index is 11.5. The molecule has 0 spiro atoms. The Bertz CT molecular complexity index is 352. The van der Waals surface area contributed by atoms with Crippen LogP contribution >= 0.6 is 27.5 Å². The normalized spacial score (nSPS) is 21.7. The molecule has 0 saturated carbocycles. The Morgan fingerprint density at radius 2 is 2.00 bits per heavy atom. The maximum Gasteiger partial charge on any atom is 0.228 e. The second kappa shape index (κ2) is 3.91. The topological polar surface area (TPSA) is 20.3 Å². The smallest absolute Gasteiger partial charge is 0.228 e. The lowest BCUT2D eigenvalue weighted by atomic mass is 10.3. The van der Waals surface area contributed by atoms with Crippen LogP contribution in [0.3, 0.4) is 0 Å². The van der Waals surface area contributed by atoms with Crippen molar-refractivity contribution in [3.05, 3.63) is 29.3 Å². The molecule has 0 radical (unpaired) electrons. The first-order valence-electron chi connectivity index (χ1n) is 4.37. The molecule has 1 aliphatic heterocycles. The zero-order chi connectivity index (χ0) is 10.1. The highest BCUT2D eigenvalue weighted by molar-refractivity contribution is 9.09. The Morgan fingerprint density at radius 3 is 2.50 bits per heavy atom. The minimum atomic E-state index is 0.161. The number of rotatable bonds is 1.